The van der Waals surface area contributed by atoms with E-state index >= 15 is 0 Å². The third kappa shape index (κ3) is 2.82. The van der Waals surface area contributed by atoms with Crippen molar-refractivity contribution in [3.63, 3.8) is 0 Å². The Labute approximate surface area is 122 Å². The molecule has 0 aromatic heterocycles. The molecule has 0 spiro atoms. The van der Waals surface area contributed by atoms with Crippen molar-refractivity contribution < 1.29 is 26.2 Å². The number of hydrogen-bond donors (Lipinski definition) is 2. The Bertz CT molecular complexity index is 540. The molecule has 0 saturated carbocycles. The molecule has 2 nitrogen and oxygen atoms in total. The fraction of sp³-hybridized carbons (Fsp3) is 0.200. The molecule has 3 N–H and O–H groups in total. The first-order valence-corrected chi connectivity index (χ1v) is 5.61. The van der Waals surface area contributed by atoms with Crippen molar-refractivity contribution in [2.45, 2.75) is 20.0 Å². The van der Waals surface area contributed by atoms with Gasteiger partial charge in [0.25, 0.3) is 0 Å². The van der Waals surface area contributed by atoms with Gasteiger partial charge in [-0.2, -0.15) is 18.2 Å². The molecule has 0 heterocycles. The van der Waals surface area contributed by atoms with Gasteiger partial charge in [0.2, 0.25) is 0 Å². The van der Waals surface area contributed by atoms with E-state index in [9.17, 15) is 5.11 Å². The van der Waals surface area contributed by atoms with Gasteiger partial charge in [-0.05, 0) is 30.5 Å². The molecule has 0 radical (unpaired) electrons. The number of rotatable bonds is 2. The van der Waals surface area contributed by atoms with Crippen LogP contribution in [-0.4, -0.2) is 5.11 Å². The van der Waals surface area contributed by atoms with Gasteiger partial charge < -0.3 is 10.8 Å². The first kappa shape index (κ1) is 14.9. The zero-order valence-electron chi connectivity index (χ0n) is 10.5. The Morgan fingerprint density at radius 3 is 2.56 bits per heavy atom. The van der Waals surface area contributed by atoms with Gasteiger partial charge in [0, 0.05) is 21.1 Å². The molecule has 1 unspecified atom stereocenters. The Morgan fingerprint density at radius 2 is 1.89 bits per heavy atom. The molecule has 0 saturated heterocycles. The maximum absolute atomic E-state index is 10.4. The molecule has 1 atom stereocenters. The minimum atomic E-state index is -0.688. The van der Waals surface area contributed by atoms with Gasteiger partial charge in [-0.1, -0.05) is 23.9 Å². The first-order valence-electron chi connectivity index (χ1n) is 5.61. The molecule has 2 aromatic rings. The predicted molar refractivity (Wildman–Crippen MR) is 69.7 cm³/mol. The standard InChI is InChI=1S/C15H16NO.W/c1-10-6-5-8-12(11(10)2)15(17)13-7-3-4-9-14(13)16;/h4-9,15,17H,16H2,1-2H3;/q-1;. The maximum Gasteiger partial charge on any atom is 0.0623 e. The van der Waals surface area contributed by atoms with Crippen LogP contribution in [0.3, 0.4) is 0 Å². The Hall–Kier alpha value is -1.11. The number of hydrogen-bond acceptors (Lipinski definition) is 2. The van der Waals surface area contributed by atoms with Crippen LogP contribution in [0.2, 0.25) is 0 Å². The van der Waals surface area contributed by atoms with Crippen LogP contribution < -0.4 is 5.73 Å². The van der Waals surface area contributed by atoms with Crippen LogP contribution in [0.5, 0.6) is 0 Å². The molecule has 0 fully saturated rings. The Kier molecular flexibility index (Phi) is 5.13. The number of benzene rings is 2. The van der Waals surface area contributed by atoms with E-state index in [-0.39, 0.29) is 21.1 Å². The molecule has 0 aliphatic carbocycles. The summed E-state index contributed by atoms with van der Waals surface area (Å²) in [6, 6.07) is 14.1. The van der Waals surface area contributed by atoms with E-state index < -0.39 is 6.10 Å². The first-order chi connectivity index (χ1) is 8.11. The van der Waals surface area contributed by atoms with E-state index in [1.807, 2.05) is 32.0 Å². The number of aliphatic hydroxyl groups is 1. The molecule has 0 amide bonds. The van der Waals surface area contributed by atoms with E-state index in [0.717, 1.165) is 11.1 Å². The Balaban J connectivity index is 0.00000162. The van der Waals surface area contributed by atoms with Crippen molar-refractivity contribution in [3.8, 4) is 0 Å². The minimum absolute atomic E-state index is 0. The van der Waals surface area contributed by atoms with E-state index in [0.29, 0.717) is 11.3 Å². The summed E-state index contributed by atoms with van der Waals surface area (Å²) in [6.45, 7) is 4.04. The van der Waals surface area contributed by atoms with Gasteiger partial charge in [-0.3, -0.25) is 0 Å². The summed E-state index contributed by atoms with van der Waals surface area (Å²) >= 11 is 0. The zero-order valence-corrected chi connectivity index (χ0v) is 13.4. The fourth-order valence-corrected chi connectivity index (χ4v) is 1.93. The summed E-state index contributed by atoms with van der Waals surface area (Å²) in [5.74, 6) is 0. The number of aryl methyl sites for hydroxylation is 1. The second-order valence-electron chi connectivity index (χ2n) is 4.25. The summed E-state index contributed by atoms with van der Waals surface area (Å²) < 4.78 is 0. The molecule has 2 aromatic carbocycles. The van der Waals surface area contributed by atoms with Crippen molar-refractivity contribution in [3.05, 3.63) is 64.7 Å². The predicted octanol–water partition coefficient (Wildman–Crippen LogP) is 2.77. The van der Waals surface area contributed by atoms with Gasteiger partial charge >= 0.3 is 0 Å². The summed E-state index contributed by atoms with van der Waals surface area (Å²) in [7, 11) is 0. The zero-order chi connectivity index (χ0) is 12.4. The molecule has 0 aliphatic heterocycles. The van der Waals surface area contributed by atoms with Crippen molar-refractivity contribution in [2.75, 3.05) is 5.73 Å². The van der Waals surface area contributed by atoms with Crippen molar-refractivity contribution >= 4 is 5.69 Å². The van der Waals surface area contributed by atoms with Crippen LogP contribution in [-0.2, 0) is 21.1 Å². The van der Waals surface area contributed by atoms with Gasteiger partial charge in [-0.15, -0.1) is 11.6 Å². The molecule has 3 heteroatoms. The molecule has 2 rings (SSSR count). The van der Waals surface area contributed by atoms with E-state index in [1.165, 1.54) is 5.56 Å². The monoisotopic (exact) mass is 410 g/mol. The van der Waals surface area contributed by atoms with Crippen LogP contribution in [0.15, 0.2) is 36.4 Å². The van der Waals surface area contributed by atoms with Crippen LogP contribution in [0.4, 0.5) is 5.69 Å². The van der Waals surface area contributed by atoms with Crippen LogP contribution in [0.1, 0.15) is 28.4 Å². The average Bonchev–Trinajstić information content (AvgIpc) is 2.32. The van der Waals surface area contributed by atoms with E-state index in [4.69, 9.17) is 5.73 Å². The molecule has 0 bridgehead atoms. The van der Waals surface area contributed by atoms with Gasteiger partial charge in [0.05, 0.1) is 6.10 Å². The van der Waals surface area contributed by atoms with Crippen LogP contribution in [0.25, 0.3) is 0 Å². The molecule has 0 aliphatic rings. The van der Waals surface area contributed by atoms with Crippen LogP contribution >= 0.6 is 0 Å². The smallest absolute Gasteiger partial charge is 0.0623 e. The third-order valence-electron chi connectivity index (χ3n) is 3.17. The second-order valence-corrected chi connectivity index (χ2v) is 4.25. The SMILES string of the molecule is Cc1cccc(C(O)c2c[c-]ccc2N)c1C.[W]. The summed E-state index contributed by atoms with van der Waals surface area (Å²) in [5, 5.41) is 10.4. The van der Waals surface area contributed by atoms with Crippen molar-refractivity contribution in [1.29, 1.82) is 0 Å². The quantitative estimate of drug-likeness (QED) is 0.591. The number of nitrogen functional groups attached to an aromatic ring is 1. The third-order valence-corrected chi connectivity index (χ3v) is 3.17. The molecule has 94 valence electrons. The average molecular weight is 410 g/mol. The number of anilines is 1. The second kappa shape index (κ2) is 6.17. The van der Waals surface area contributed by atoms with Gasteiger partial charge in [0.1, 0.15) is 0 Å². The van der Waals surface area contributed by atoms with E-state index in [1.54, 1.807) is 18.2 Å². The minimum Gasteiger partial charge on any atom is -0.419 e. The van der Waals surface area contributed by atoms with E-state index in [2.05, 4.69) is 6.07 Å². The van der Waals surface area contributed by atoms with Crippen molar-refractivity contribution in [1.82, 2.24) is 0 Å². The molecular formula is C15H16NOW-. The largest absolute Gasteiger partial charge is 0.419 e. The summed E-state index contributed by atoms with van der Waals surface area (Å²) in [5.41, 5.74) is 10.3. The number of nitrogens with two attached hydrogens (primary N) is 1. The normalized spacial score (nSPS) is 11.7. The molecule has 18 heavy (non-hydrogen) atoms. The topological polar surface area (TPSA) is 46.2 Å². The van der Waals surface area contributed by atoms with Gasteiger partial charge in [0.15, 0.2) is 0 Å². The molecular weight excluding hydrogens is 394 g/mol. The van der Waals surface area contributed by atoms with Gasteiger partial charge in [-0.25, -0.2) is 0 Å². The summed E-state index contributed by atoms with van der Waals surface area (Å²) in [6.07, 6.45) is -0.688. The van der Waals surface area contributed by atoms with Crippen molar-refractivity contribution in [2.24, 2.45) is 0 Å². The van der Waals surface area contributed by atoms with Crippen LogP contribution in [0, 0.1) is 19.9 Å². The Morgan fingerprint density at radius 1 is 1.17 bits per heavy atom. The maximum atomic E-state index is 10.4. The number of aliphatic hydroxyl groups excluding tert-OH is 1. The summed E-state index contributed by atoms with van der Waals surface area (Å²) in [4.78, 5) is 0. The fourth-order valence-electron chi connectivity index (χ4n) is 1.93.